The van der Waals surface area contributed by atoms with Crippen LogP contribution in [0.3, 0.4) is 0 Å². The fourth-order valence-corrected chi connectivity index (χ4v) is 1.80. The number of carboxylic acids is 1. The van der Waals surface area contributed by atoms with Crippen molar-refractivity contribution in [2.45, 2.75) is 19.4 Å². The molecule has 0 amide bonds. The second kappa shape index (κ2) is 5.31. The molecule has 0 unspecified atom stereocenters. The number of pyridine rings is 1. The normalized spacial score (nSPS) is 10.8. The Morgan fingerprint density at radius 1 is 1.62 bits per heavy atom. The van der Waals surface area contributed by atoms with Crippen molar-refractivity contribution in [1.29, 1.82) is 0 Å². The second-order valence-corrected chi connectivity index (χ2v) is 3.86. The summed E-state index contributed by atoms with van der Waals surface area (Å²) in [5, 5.41) is 8.64. The van der Waals surface area contributed by atoms with E-state index in [1.165, 1.54) is 6.07 Å². The van der Waals surface area contributed by atoms with Crippen molar-refractivity contribution < 1.29 is 18.7 Å². The van der Waals surface area contributed by atoms with Crippen LogP contribution >= 0.6 is 15.9 Å². The highest BCUT2D eigenvalue weighted by molar-refractivity contribution is 9.10. The molecule has 0 fully saturated rings. The van der Waals surface area contributed by atoms with Gasteiger partial charge in [-0.25, -0.2) is 13.8 Å². The zero-order valence-corrected chi connectivity index (χ0v) is 9.67. The Balaban J connectivity index is 3.32. The van der Waals surface area contributed by atoms with E-state index in [4.69, 9.17) is 10.8 Å². The molecule has 0 bridgehead atoms. The molecule has 0 saturated heterocycles. The molecule has 1 aromatic heterocycles. The van der Waals surface area contributed by atoms with Gasteiger partial charge in [-0.1, -0.05) is 0 Å². The van der Waals surface area contributed by atoms with Gasteiger partial charge in [0, 0.05) is 6.54 Å². The lowest BCUT2D eigenvalue weighted by molar-refractivity contribution is -0.136. The summed E-state index contributed by atoms with van der Waals surface area (Å²) in [6.07, 6.45) is -3.33. The molecule has 0 spiro atoms. The van der Waals surface area contributed by atoms with Gasteiger partial charge < -0.3 is 10.8 Å². The molecule has 0 saturated carbocycles. The molecule has 88 valence electrons. The summed E-state index contributed by atoms with van der Waals surface area (Å²) < 4.78 is 25.5. The monoisotopic (exact) mass is 294 g/mol. The second-order valence-electron chi connectivity index (χ2n) is 3.04. The van der Waals surface area contributed by atoms with Crippen molar-refractivity contribution in [3.63, 3.8) is 0 Å². The number of aromatic nitrogens is 1. The Labute approximate surface area is 98.6 Å². The van der Waals surface area contributed by atoms with Crippen LogP contribution in [0.4, 0.5) is 8.78 Å². The summed E-state index contributed by atoms with van der Waals surface area (Å²) in [5.74, 6) is -1.19. The summed E-state index contributed by atoms with van der Waals surface area (Å²) in [5.41, 5.74) is 5.20. The number of aliphatic carboxylic acids is 1. The van der Waals surface area contributed by atoms with Crippen molar-refractivity contribution in [2.24, 2.45) is 5.73 Å². The molecule has 1 rings (SSSR count). The third-order valence-corrected chi connectivity index (χ3v) is 2.38. The van der Waals surface area contributed by atoms with Crippen molar-refractivity contribution in [3.8, 4) is 0 Å². The van der Waals surface area contributed by atoms with E-state index in [-0.39, 0.29) is 16.7 Å². The molecule has 1 aromatic rings. The minimum atomic E-state index is -2.82. The summed E-state index contributed by atoms with van der Waals surface area (Å²) in [6, 6.07) is 1.45. The summed E-state index contributed by atoms with van der Waals surface area (Å²) in [6.45, 7) is -0.0105. The molecule has 0 atom stereocenters. The number of carboxylic acid groups (broad SMARTS) is 1. The molecular weight excluding hydrogens is 286 g/mol. The number of nitrogens with two attached hydrogens (primary N) is 1. The van der Waals surface area contributed by atoms with Gasteiger partial charge in [0.05, 0.1) is 6.42 Å². The van der Waals surface area contributed by atoms with Crippen LogP contribution in [0.5, 0.6) is 0 Å². The Bertz CT molecular complexity index is 413. The average molecular weight is 295 g/mol. The predicted molar refractivity (Wildman–Crippen MR) is 56.1 cm³/mol. The Morgan fingerprint density at radius 2 is 2.25 bits per heavy atom. The van der Waals surface area contributed by atoms with Crippen molar-refractivity contribution in [2.75, 3.05) is 0 Å². The highest BCUT2D eigenvalue weighted by atomic mass is 79.9. The van der Waals surface area contributed by atoms with E-state index >= 15 is 0 Å². The van der Waals surface area contributed by atoms with Crippen LogP contribution in [0.1, 0.15) is 23.2 Å². The smallest absolute Gasteiger partial charge is 0.307 e. The Morgan fingerprint density at radius 3 is 2.69 bits per heavy atom. The van der Waals surface area contributed by atoms with E-state index in [1.54, 1.807) is 0 Å². The summed E-state index contributed by atoms with van der Waals surface area (Å²) >= 11 is 2.98. The fourth-order valence-electron chi connectivity index (χ4n) is 1.33. The number of hydrogen-bond donors (Lipinski definition) is 2. The number of nitrogens with zero attached hydrogens (tertiary/aromatic N) is 1. The number of carbonyl (C=O) groups is 1. The van der Waals surface area contributed by atoms with E-state index in [0.29, 0.717) is 5.56 Å². The van der Waals surface area contributed by atoms with E-state index in [0.717, 1.165) is 0 Å². The Kier molecular flexibility index (Phi) is 4.31. The minimum Gasteiger partial charge on any atom is -0.481 e. The molecule has 0 aromatic carbocycles. The van der Waals surface area contributed by atoms with Crippen LogP contribution in [0, 0.1) is 0 Å². The number of hydrogen-bond acceptors (Lipinski definition) is 3. The topological polar surface area (TPSA) is 76.2 Å². The first kappa shape index (κ1) is 13.0. The van der Waals surface area contributed by atoms with Crippen LogP contribution in [-0.4, -0.2) is 16.1 Å². The lowest BCUT2D eigenvalue weighted by Gasteiger charge is -2.11. The third-order valence-electron chi connectivity index (χ3n) is 1.97. The van der Waals surface area contributed by atoms with E-state index in [2.05, 4.69) is 20.9 Å². The quantitative estimate of drug-likeness (QED) is 0.831. The van der Waals surface area contributed by atoms with Gasteiger partial charge in [0.15, 0.2) is 0 Å². The van der Waals surface area contributed by atoms with Gasteiger partial charge in [0.2, 0.25) is 0 Å². The fraction of sp³-hybridized carbons (Fsp3) is 0.333. The zero-order chi connectivity index (χ0) is 12.3. The maximum absolute atomic E-state index is 12.7. The van der Waals surface area contributed by atoms with E-state index < -0.39 is 24.5 Å². The van der Waals surface area contributed by atoms with E-state index in [1.807, 2.05) is 0 Å². The molecule has 16 heavy (non-hydrogen) atoms. The standard InChI is InChI=1S/C9H9BrF2N2O2/c10-6-1-4(3-13)5(2-7(15)16)8(14-6)9(11)12/h1,9H,2-3,13H2,(H,15,16). The van der Waals surface area contributed by atoms with Gasteiger partial charge >= 0.3 is 5.97 Å². The number of rotatable bonds is 4. The third kappa shape index (κ3) is 2.96. The van der Waals surface area contributed by atoms with Crippen LogP contribution in [0.15, 0.2) is 10.7 Å². The summed E-state index contributed by atoms with van der Waals surface area (Å²) in [4.78, 5) is 14.2. The largest absolute Gasteiger partial charge is 0.481 e. The van der Waals surface area contributed by atoms with Crippen LogP contribution in [0.25, 0.3) is 0 Å². The molecule has 0 aliphatic rings. The van der Waals surface area contributed by atoms with Gasteiger partial charge in [-0.15, -0.1) is 0 Å². The van der Waals surface area contributed by atoms with Crippen molar-refractivity contribution in [1.82, 2.24) is 4.98 Å². The van der Waals surface area contributed by atoms with Gasteiger partial charge in [-0.3, -0.25) is 4.79 Å². The molecule has 0 aliphatic carbocycles. The molecule has 0 radical (unpaired) electrons. The maximum Gasteiger partial charge on any atom is 0.307 e. The van der Waals surface area contributed by atoms with Crippen LogP contribution in [-0.2, 0) is 17.8 Å². The van der Waals surface area contributed by atoms with Gasteiger partial charge in [-0.05, 0) is 33.1 Å². The summed E-state index contributed by atoms with van der Waals surface area (Å²) in [7, 11) is 0. The molecule has 3 N–H and O–H groups in total. The predicted octanol–water partition coefficient (Wildman–Crippen LogP) is 1.87. The van der Waals surface area contributed by atoms with Gasteiger partial charge in [0.25, 0.3) is 6.43 Å². The van der Waals surface area contributed by atoms with Gasteiger partial charge in [0.1, 0.15) is 10.3 Å². The maximum atomic E-state index is 12.7. The molecule has 1 heterocycles. The molecular formula is C9H9BrF2N2O2. The first-order valence-electron chi connectivity index (χ1n) is 4.34. The highest BCUT2D eigenvalue weighted by Crippen LogP contribution is 2.26. The highest BCUT2D eigenvalue weighted by Gasteiger charge is 2.20. The SMILES string of the molecule is NCc1cc(Br)nc(C(F)F)c1CC(=O)O. The van der Waals surface area contributed by atoms with Crippen LogP contribution in [0.2, 0.25) is 0 Å². The zero-order valence-electron chi connectivity index (χ0n) is 8.08. The number of halogens is 3. The first-order valence-corrected chi connectivity index (χ1v) is 5.13. The molecule has 0 aliphatic heterocycles. The minimum absolute atomic E-state index is 0.00630. The van der Waals surface area contributed by atoms with Crippen molar-refractivity contribution >= 4 is 21.9 Å². The molecule has 4 nitrogen and oxygen atoms in total. The van der Waals surface area contributed by atoms with Crippen LogP contribution < -0.4 is 5.73 Å². The lowest BCUT2D eigenvalue weighted by atomic mass is 10.0. The Hall–Kier alpha value is -1.08. The van der Waals surface area contributed by atoms with E-state index in [9.17, 15) is 13.6 Å². The number of alkyl halides is 2. The molecule has 7 heteroatoms. The van der Waals surface area contributed by atoms with Gasteiger partial charge in [-0.2, -0.15) is 0 Å². The average Bonchev–Trinajstić information content (AvgIpc) is 2.19. The first-order chi connectivity index (χ1) is 7.45. The van der Waals surface area contributed by atoms with Crippen molar-refractivity contribution in [3.05, 3.63) is 27.5 Å². The lowest BCUT2D eigenvalue weighted by Crippen LogP contribution is -2.12.